The fourth-order valence-electron chi connectivity index (χ4n) is 3.26. The van der Waals surface area contributed by atoms with Crippen molar-refractivity contribution in [1.82, 2.24) is 15.6 Å². The summed E-state index contributed by atoms with van der Waals surface area (Å²) in [4.78, 5) is 15.6. The number of aromatic amines is 1. The van der Waals surface area contributed by atoms with Crippen molar-refractivity contribution >= 4 is 21.7 Å². The molecule has 29 heavy (non-hydrogen) atoms. The van der Waals surface area contributed by atoms with Crippen molar-refractivity contribution < 1.29 is 9.47 Å². The summed E-state index contributed by atoms with van der Waals surface area (Å²) in [6.45, 7) is 9.00. The van der Waals surface area contributed by atoms with Gasteiger partial charge in [0.05, 0.1) is 10.9 Å². The smallest absolute Gasteiger partial charge is 0.256 e. The van der Waals surface area contributed by atoms with E-state index in [0.717, 1.165) is 61.1 Å². The van der Waals surface area contributed by atoms with Crippen LogP contribution >= 0.6 is 0 Å². The molecule has 3 rings (SSSR count). The molecule has 3 aromatic rings. The van der Waals surface area contributed by atoms with Gasteiger partial charge in [0.1, 0.15) is 24.7 Å². The van der Waals surface area contributed by atoms with Crippen molar-refractivity contribution in [3.8, 4) is 11.5 Å². The van der Waals surface area contributed by atoms with E-state index in [1.165, 1.54) is 0 Å². The van der Waals surface area contributed by atoms with E-state index in [9.17, 15) is 4.79 Å². The molecular weight excluding hydrogens is 366 g/mol. The largest absolute Gasteiger partial charge is 0.492 e. The van der Waals surface area contributed by atoms with Gasteiger partial charge in [0.25, 0.3) is 5.56 Å². The number of ether oxygens (including phenoxy) is 2. The van der Waals surface area contributed by atoms with Gasteiger partial charge in [-0.15, -0.1) is 0 Å². The Labute approximate surface area is 171 Å². The number of rotatable bonds is 12. The molecule has 1 aromatic heterocycles. The maximum absolute atomic E-state index is 12.6. The summed E-state index contributed by atoms with van der Waals surface area (Å²) < 4.78 is 11.6. The normalized spacial score (nSPS) is 11.2. The van der Waals surface area contributed by atoms with E-state index in [2.05, 4.69) is 29.5 Å². The van der Waals surface area contributed by atoms with Gasteiger partial charge in [-0.2, -0.15) is 0 Å². The second-order valence-corrected chi connectivity index (χ2v) is 7.07. The number of hydrogen-bond donors (Lipinski definition) is 3. The molecule has 0 bridgehead atoms. The minimum Gasteiger partial charge on any atom is -0.492 e. The molecule has 0 aliphatic carbocycles. The molecule has 0 aliphatic heterocycles. The molecule has 3 N–H and O–H groups in total. The number of hydrogen-bond acceptors (Lipinski definition) is 5. The number of aromatic nitrogens is 1. The predicted octanol–water partition coefficient (Wildman–Crippen LogP) is 3.44. The topological polar surface area (TPSA) is 75.4 Å². The van der Waals surface area contributed by atoms with Crippen molar-refractivity contribution in [2.24, 2.45) is 0 Å². The average molecular weight is 398 g/mol. The molecular formula is C23H31N3O3. The highest BCUT2D eigenvalue weighted by Crippen LogP contribution is 2.27. The molecule has 0 fully saturated rings. The van der Waals surface area contributed by atoms with Gasteiger partial charge in [0, 0.05) is 24.5 Å². The zero-order valence-electron chi connectivity index (χ0n) is 17.3. The lowest BCUT2D eigenvalue weighted by molar-refractivity contribution is 0.314. The van der Waals surface area contributed by atoms with Crippen molar-refractivity contribution in [2.75, 3.05) is 39.4 Å². The van der Waals surface area contributed by atoms with Crippen molar-refractivity contribution in [2.45, 2.75) is 26.7 Å². The minimum absolute atomic E-state index is 0.121. The Morgan fingerprint density at radius 3 is 1.97 bits per heavy atom. The van der Waals surface area contributed by atoms with E-state index < -0.39 is 0 Å². The third-order valence-electron chi connectivity index (χ3n) is 4.71. The number of nitrogens with one attached hydrogen (secondary N) is 3. The Hall–Kier alpha value is -2.57. The predicted molar refractivity (Wildman–Crippen MR) is 119 cm³/mol. The van der Waals surface area contributed by atoms with Gasteiger partial charge in [-0.1, -0.05) is 13.8 Å². The fraction of sp³-hybridized carbons (Fsp3) is 0.435. The van der Waals surface area contributed by atoms with Crippen molar-refractivity contribution in [3.05, 3.63) is 46.8 Å². The SMILES string of the molecule is CCCNCCOc1ccc2c(c1)[nH]c(=O)c1cc(OCCNCCC)ccc12. The van der Waals surface area contributed by atoms with Crippen LogP contribution in [0.1, 0.15) is 26.7 Å². The van der Waals surface area contributed by atoms with Gasteiger partial charge in [-0.3, -0.25) is 4.79 Å². The van der Waals surface area contributed by atoms with Crippen LogP contribution in [0.2, 0.25) is 0 Å². The van der Waals surface area contributed by atoms with E-state index >= 15 is 0 Å². The third-order valence-corrected chi connectivity index (χ3v) is 4.71. The van der Waals surface area contributed by atoms with Crippen molar-refractivity contribution in [3.63, 3.8) is 0 Å². The fourth-order valence-corrected chi connectivity index (χ4v) is 3.26. The zero-order valence-corrected chi connectivity index (χ0v) is 17.3. The first-order valence-corrected chi connectivity index (χ1v) is 10.5. The van der Waals surface area contributed by atoms with E-state index in [4.69, 9.17) is 9.47 Å². The molecule has 0 radical (unpaired) electrons. The molecule has 6 nitrogen and oxygen atoms in total. The Balaban J connectivity index is 1.74. The number of H-pyrrole nitrogens is 1. The van der Waals surface area contributed by atoms with Crippen LogP contribution in [0.25, 0.3) is 21.7 Å². The first-order valence-electron chi connectivity index (χ1n) is 10.5. The standard InChI is InChI=1S/C23H31N3O3/c1-3-9-24-11-13-28-17-5-7-19-20-8-6-18(29-14-12-25-10-4-2)16-22(20)26-23(27)21(19)15-17/h5-8,15-16,24-25H,3-4,9-14H2,1-2H3,(H,26,27). The molecule has 2 aromatic carbocycles. The van der Waals surface area contributed by atoms with Crippen molar-refractivity contribution in [1.29, 1.82) is 0 Å². The summed E-state index contributed by atoms with van der Waals surface area (Å²) in [6, 6.07) is 11.5. The Kier molecular flexibility index (Phi) is 7.90. The molecule has 0 saturated heterocycles. The summed E-state index contributed by atoms with van der Waals surface area (Å²) in [6.07, 6.45) is 2.20. The number of benzene rings is 2. The maximum atomic E-state index is 12.6. The van der Waals surface area contributed by atoms with Gasteiger partial charge in [0.15, 0.2) is 0 Å². The minimum atomic E-state index is -0.121. The van der Waals surface area contributed by atoms with Crippen LogP contribution in [0.4, 0.5) is 0 Å². The van der Waals surface area contributed by atoms with Gasteiger partial charge >= 0.3 is 0 Å². The van der Waals surface area contributed by atoms with Gasteiger partial charge in [-0.25, -0.2) is 0 Å². The third kappa shape index (κ3) is 5.71. The van der Waals surface area contributed by atoms with Crippen LogP contribution in [0.3, 0.4) is 0 Å². The molecule has 1 heterocycles. The lowest BCUT2D eigenvalue weighted by atomic mass is 10.1. The van der Waals surface area contributed by atoms with E-state index in [-0.39, 0.29) is 5.56 Å². The highest BCUT2D eigenvalue weighted by molar-refractivity contribution is 6.05. The first kappa shape index (κ1) is 21.1. The number of pyridine rings is 1. The second kappa shape index (κ2) is 10.8. The molecule has 6 heteroatoms. The Morgan fingerprint density at radius 1 is 0.759 bits per heavy atom. The zero-order chi connectivity index (χ0) is 20.5. The summed E-state index contributed by atoms with van der Waals surface area (Å²) >= 11 is 0. The molecule has 0 atom stereocenters. The van der Waals surface area contributed by atoms with E-state index in [1.54, 1.807) is 0 Å². The summed E-state index contributed by atoms with van der Waals surface area (Å²) in [7, 11) is 0. The molecule has 0 saturated carbocycles. The molecule has 156 valence electrons. The first-order chi connectivity index (χ1) is 14.2. The monoisotopic (exact) mass is 397 g/mol. The Bertz CT molecular complexity index is 984. The highest BCUT2D eigenvalue weighted by atomic mass is 16.5. The van der Waals surface area contributed by atoms with Gasteiger partial charge < -0.3 is 25.1 Å². The van der Waals surface area contributed by atoms with Crippen LogP contribution < -0.4 is 25.7 Å². The summed E-state index contributed by atoms with van der Waals surface area (Å²) in [5, 5.41) is 9.15. The molecule has 0 amide bonds. The van der Waals surface area contributed by atoms with Gasteiger partial charge in [0.2, 0.25) is 0 Å². The molecule has 0 aliphatic rings. The summed E-state index contributed by atoms with van der Waals surface area (Å²) in [5.74, 6) is 1.46. The summed E-state index contributed by atoms with van der Waals surface area (Å²) in [5.41, 5.74) is 0.655. The maximum Gasteiger partial charge on any atom is 0.256 e. The van der Waals surface area contributed by atoms with E-state index in [0.29, 0.717) is 24.3 Å². The van der Waals surface area contributed by atoms with Crippen LogP contribution in [-0.2, 0) is 0 Å². The Morgan fingerprint density at radius 2 is 1.34 bits per heavy atom. The van der Waals surface area contributed by atoms with Crippen LogP contribution in [0.15, 0.2) is 41.2 Å². The van der Waals surface area contributed by atoms with Crippen LogP contribution in [0, 0.1) is 0 Å². The molecule has 0 spiro atoms. The van der Waals surface area contributed by atoms with Gasteiger partial charge in [-0.05, 0) is 61.6 Å². The lowest BCUT2D eigenvalue weighted by Gasteiger charge is -2.11. The quantitative estimate of drug-likeness (QED) is 0.322. The average Bonchev–Trinajstić information content (AvgIpc) is 2.73. The highest BCUT2D eigenvalue weighted by Gasteiger charge is 2.08. The van der Waals surface area contributed by atoms with Crippen LogP contribution in [0.5, 0.6) is 11.5 Å². The second-order valence-electron chi connectivity index (χ2n) is 7.07. The lowest BCUT2D eigenvalue weighted by Crippen LogP contribution is -2.21. The van der Waals surface area contributed by atoms with E-state index in [1.807, 2.05) is 36.4 Å². The molecule has 0 unspecified atom stereocenters. The number of fused-ring (bicyclic) bond motifs is 3. The van der Waals surface area contributed by atoms with Crippen LogP contribution in [-0.4, -0.2) is 44.4 Å².